The molecule has 0 atom stereocenters. The summed E-state index contributed by atoms with van der Waals surface area (Å²) in [6.45, 7) is 0. The maximum absolute atomic E-state index is 2.62. The zero-order valence-corrected chi connectivity index (χ0v) is 26.1. The normalized spacial score (nSPS) is 26.2. The first-order valence-electron chi connectivity index (χ1n) is 16.9. The number of hydrogen-bond donors (Lipinski definition) is 0. The molecule has 1 spiro atoms. The lowest BCUT2D eigenvalue weighted by molar-refractivity contribution is -0.0399. The maximum Gasteiger partial charge on any atom is 0.0272 e. The van der Waals surface area contributed by atoms with Crippen LogP contribution in [0, 0.1) is 23.7 Å². The van der Waals surface area contributed by atoms with Gasteiger partial charge in [0.25, 0.3) is 0 Å². The number of fused-ring (bicyclic) bond motifs is 5. The lowest BCUT2D eigenvalue weighted by atomic mass is 9.43. The summed E-state index contributed by atoms with van der Waals surface area (Å²) in [5.41, 5.74) is 14.5. The molecule has 0 nitrogen and oxygen atoms in total. The summed E-state index contributed by atoms with van der Waals surface area (Å²) in [5, 5.41) is 2.72. The summed E-state index contributed by atoms with van der Waals surface area (Å²) in [4.78, 5) is 2.71. The Bertz CT molecular complexity index is 2190. The van der Waals surface area contributed by atoms with E-state index in [4.69, 9.17) is 0 Å². The molecule has 45 heavy (non-hydrogen) atoms. The van der Waals surface area contributed by atoms with Gasteiger partial charge in [0.05, 0.1) is 0 Å². The van der Waals surface area contributed by atoms with Crippen LogP contribution >= 0.6 is 11.8 Å². The van der Waals surface area contributed by atoms with Crippen LogP contribution in [0.2, 0.25) is 0 Å². The summed E-state index contributed by atoms with van der Waals surface area (Å²) >= 11 is 1.91. The largest absolute Gasteiger partial charge is 0.0888 e. The Kier molecular flexibility index (Phi) is 5.04. The molecule has 4 fully saturated rings. The van der Waals surface area contributed by atoms with E-state index in [2.05, 4.69) is 121 Å². The van der Waals surface area contributed by atoms with Gasteiger partial charge in [0.15, 0.2) is 0 Å². The number of hydrogen-bond acceptors (Lipinski definition) is 1. The van der Waals surface area contributed by atoms with E-state index >= 15 is 0 Å². The summed E-state index contributed by atoms with van der Waals surface area (Å²) < 4.78 is 0. The topological polar surface area (TPSA) is 0 Å². The van der Waals surface area contributed by atoms with Gasteiger partial charge in [-0.25, -0.2) is 0 Å². The fraction of sp³-hybridized carbons (Fsp3) is 0.227. The van der Waals surface area contributed by atoms with Crippen LogP contribution in [0.4, 0.5) is 0 Å². The average Bonchev–Trinajstić information content (AvgIpc) is 3.37. The minimum Gasteiger partial charge on any atom is -0.0888 e. The van der Waals surface area contributed by atoms with Crippen LogP contribution in [0.15, 0.2) is 131 Å². The molecule has 0 radical (unpaired) electrons. The highest BCUT2D eigenvalue weighted by Gasteiger charge is 2.61. The SMILES string of the molecule is c1cc(-c2ccc3c(c2)-c2cccc4cccc(c24)S3)cc(-c2ccc3c(c2)C2(c4ccccc4-3)C3CC4CC(C3)CC2C4)c1. The van der Waals surface area contributed by atoms with Crippen molar-refractivity contribution >= 4 is 22.5 Å². The highest BCUT2D eigenvalue weighted by molar-refractivity contribution is 7.99. The third-order valence-corrected chi connectivity index (χ3v) is 13.6. The zero-order valence-electron chi connectivity index (χ0n) is 25.3. The fourth-order valence-electron chi connectivity index (χ4n) is 11.0. The monoisotopic (exact) mass is 594 g/mol. The van der Waals surface area contributed by atoms with Crippen LogP contribution in [0.3, 0.4) is 0 Å². The molecule has 6 aromatic carbocycles. The molecule has 216 valence electrons. The van der Waals surface area contributed by atoms with Crippen LogP contribution in [0.5, 0.6) is 0 Å². The second-order valence-electron chi connectivity index (χ2n) is 14.5. The van der Waals surface area contributed by atoms with E-state index in [9.17, 15) is 0 Å². The predicted octanol–water partition coefficient (Wildman–Crippen LogP) is 12.0. The van der Waals surface area contributed by atoms with Gasteiger partial charge in [-0.1, -0.05) is 103 Å². The van der Waals surface area contributed by atoms with Gasteiger partial charge in [0.1, 0.15) is 0 Å². The summed E-state index contributed by atoms with van der Waals surface area (Å²) in [6.07, 6.45) is 7.20. The van der Waals surface area contributed by atoms with E-state index in [1.165, 1.54) is 97.2 Å². The molecule has 5 aliphatic carbocycles. The summed E-state index contributed by atoms with van der Waals surface area (Å²) in [5.74, 6) is 3.51. The molecule has 12 rings (SSSR count). The Hall–Kier alpha value is -4.07. The van der Waals surface area contributed by atoms with Crippen molar-refractivity contribution in [1.82, 2.24) is 0 Å². The first-order valence-corrected chi connectivity index (χ1v) is 17.7. The fourth-order valence-corrected chi connectivity index (χ4v) is 12.1. The standard InChI is InChI=1S/C44H34S/c1-2-12-39-35(10-1)36-16-14-32(25-40(36)44(39)33-19-26-18-27(21-33)22-34(44)20-26)30-9-3-8-29(23-30)31-15-17-41-38(24-31)37-11-4-6-28-7-5-13-42(45-41)43(28)37/h1-17,23-27,33-34H,18-22H2. The van der Waals surface area contributed by atoms with Crippen molar-refractivity contribution < 1.29 is 0 Å². The molecule has 6 aliphatic rings. The maximum atomic E-state index is 2.62. The van der Waals surface area contributed by atoms with Gasteiger partial charge in [-0.2, -0.15) is 0 Å². The molecular weight excluding hydrogens is 561 g/mol. The van der Waals surface area contributed by atoms with Crippen molar-refractivity contribution in [3.05, 3.63) is 132 Å². The van der Waals surface area contributed by atoms with Crippen molar-refractivity contribution in [3.63, 3.8) is 0 Å². The molecule has 6 aromatic rings. The molecule has 0 unspecified atom stereocenters. The van der Waals surface area contributed by atoms with Gasteiger partial charge < -0.3 is 0 Å². The molecule has 0 saturated heterocycles. The van der Waals surface area contributed by atoms with Gasteiger partial charge >= 0.3 is 0 Å². The van der Waals surface area contributed by atoms with E-state index in [0.717, 1.165) is 23.7 Å². The first-order chi connectivity index (χ1) is 22.2. The highest BCUT2D eigenvalue weighted by atomic mass is 32.2. The Morgan fingerprint density at radius 1 is 0.444 bits per heavy atom. The smallest absolute Gasteiger partial charge is 0.0272 e. The van der Waals surface area contributed by atoms with E-state index in [1.54, 1.807) is 11.1 Å². The molecule has 4 saturated carbocycles. The van der Waals surface area contributed by atoms with Crippen molar-refractivity contribution in [2.24, 2.45) is 23.7 Å². The van der Waals surface area contributed by atoms with Gasteiger partial charge in [-0.3, -0.25) is 0 Å². The number of rotatable bonds is 2. The van der Waals surface area contributed by atoms with Gasteiger partial charge in [0.2, 0.25) is 0 Å². The van der Waals surface area contributed by atoms with Crippen molar-refractivity contribution in [2.75, 3.05) is 0 Å². The second kappa shape index (κ2) is 9.02. The minimum atomic E-state index is 0.209. The number of benzene rings is 6. The van der Waals surface area contributed by atoms with Crippen LogP contribution < -0.4 is 0 Å². The zero-order chi connectivity index (χ0) is 29.3. The molecule has 0 amide bonds. The lowest BCUT2D eigenvalue weighted by Gasteiger charge is -2.61. The third-order valence-electron chi connectivity index (χ3n) is 12.4. The average molecular weight is 595 g/mol. The van der Waals surface area contributed by atoms with E-state index < -0.39 is 0 Å². The predicted molar refractivity (Wildman–Crippen MR) is 188 cm³/mol. The molecular formula is C44H34S. The quantitative estimate of drug-likeness (QED) is 0.192. The van der Waals surface area contributed by atoms with Crippen LogP contribution in [-0.2, 0) is 5.41 Å². The second-order valence-corrected chi connectivity index (χ2v) is 15.6. The van der Waals surface area contributed by atoms with Crippen molar-refractivity contribution in [1.29, 1.82) is 0 Å². The first kappa shape index (κ1) is 25.2. The van der Waals surface area contributed by atoms with Crippen molar-refractivity contribution in [2.45, 2.75) is 47.3 Å². The van der Waals surface area contributed by atoms with E-state index in [0.29, 0.717) is 0 Å². The summed E-state index contributed by atoms with van der Waals surface area (Å²) in [7, 11) is 0. The molecule has 0 N–H and O–H groups in total. The van der Waals surface area contributed by atoms with Crippen LogP contribution in [-0.4, -0.2) is 0 Å². The Balaban J connectivity index is 1.03. The molecule has 4 bridgehead atoms. The van der Waals surface area contributed by atoms with Gasteiger partial charge in [-0.15, -0.1) is 0 Å². The minimum absolute atomic E-state index is 0.209. The molecule has 1 aliphatic heterocycles. The van der Waals surface area contributed by atoms with Crippen LogP contribution in [0.1, 0.15) is 43.2 Å². The van der Waals surface area contributed by atoms with E-state index in [-0.39, 0.29) is 5.41 Å². The Morgan fingerprint density at radius 3 is 1.91 bits per heavy atom. The third kappa shape index (κ3) is 3.35. The van der Waals surface area contributed by atoms with Gasteiger partial charge in [-0.05, 0) is 147 Å². The lowest BCUT2D eigenvalue weighted by Crippen LogP contribution is -2.55. The summed E-state index contributed by atoms with van der Waals surface area (Å²) in [6, 6.07) is 46.7. The molecule has 0 aromatic heterocycles. The Labute approximate surface area is 269 Å². The Morgan fingerprint density at radius 2 is 1.09 bits per heavy atom. The molecule has 1 heterocycles. The molecule has 1 heteroatoms. The van der Waals surface area contributed by atoms with Crippen LogP contribution in [0.25, 0.3) is 55.3 Å². The van der Waals surface area contributed by atoms with E-state index in [1.807, 2.05) is 11.8 Å². The van der Waals surface area contributed by atoms with Crippen molar-refractivity contribution in [3.8, 4) is 44.5 Å². The van der Waals surface area contributed by atoms with Gasteiger partial charge in [0, 0.05) is 20.6 Å². The highest BCUT2D eigenvalue weighted by Crippen LogP contribution is 2.69.